The third-order valence-electron chi connectivity index (χ3n) is 1.90. The van der Waals surface area contributed by atoms with Crippen molar-refractivity contribution in [1.29, 1.82) is 10.5 Å². The van der Waals surface area contributed by atoms with Crippen LogP contribution in [0.15, 0.2) is 44.4 Å². The van der Waals surface area contributed by atoms with Crippen LogP contribution in [0.4, 0.5) is 0 Å². The average Bonchev–Trinajstić information content (AvgIpc) is 2.72. The van der Waals surface area contributed by atoms with Crippen molar-refractivity contribution >= 4 is 29.6 Å². The number of thioether (sulfide) groups is 2. The zero-order valence-corrected chi connectivity index (χ0v) is 9.81. The van der Waals surface area contributed by atoms with E-state index < -0.39 is 0 Å². The van der Waals surface area contributed by atoms with Crippen molar-refractivity contribution in [1.82, 2.24) is 0 Å². The second-order valence-corrected chi connectivity index (χ2v) is 5.32. The van der Waals surface area contributed by atoms with Crippen molar-refractivity contribution in [2.75, 3.05) is 0 Å². The quantitative estimate of drug-likeness (QED) is 0.753. The van der Waals surface area contributed by atoms with Gasteiger partial charge >= 0.3 is 0 Å². The Labute approximate surface area is 102 Å². The zero-order chi connectivity index (χ0) is 11.4. The topological polar surface area (TPSA) is 47.6 Å². The van der Waals surface area contributed by atoms with Crippen LogP contribution in [0.1, 0.15) is 5.56 Å². The molecule has 1 aromatic carbocycles. The van der Waals surface area contributed by atoms with Crippen LogP contribution < -0.4 is 0 Å². The molecule has 0 amide bonds. The van der Waals surface area contributed by atoms with Crippen LogP contribution in [0.5, 0.6) is 0 Å². The first kappa shape index (κ1) is 10.9. The van der Waals surface area contributed by atoms with Gasteiger partial charge < -0.3 is 0 Å². The van der Waals surface area contributed by atoms with Gasteiger partial charge in [0.05, 0.1) is 4.24 Å². The van der Waals surface area contributed by atoms with Crippen LogP contribution in [0.3, 0.4) is 0 Å². The predicted octanol–water partition coefficient (Wildman–Crippen LogP) is 3.72. The van der Waals surface area contributed by atoms with Gasteiger partial charge in [0.2, 0.25) is 0 Å². The molecule has 0 aliphatic carbocycles. The summed E-state index contributed by atoms with van der Waals surface area (Å²) in [5, 5.41) is 17.7. The van der Waals surface area contributed by atoms with Gasteiger partial charge in [-0.05, 0) is 11.6 Å². The molecule has 0 unspecified atom stereocenters. The van der Waals surface area contributed by atoms with Gasteiger partial charge in [0.1, 0.15) is 21.9 Å². The lowest BCUT2D eigenvalue weighted by atomic mass is 10.2. The van der Waals surface area contributed by atoms with Crippen molar-refractivity contribution < 1.29 is 0 Å². The van der Waals surface area contributed by atoms with E-state index in [1.807, 2.05) is 48.5 Å². The number of hydrogen-bond donors (Lipinski definition) is 0. The smallest absolute Gasteiger partial charge is 0.115 e. The van der Waals surface area contributed by atoms with Gasteiger partial charge in [-0.3, -0.25) is 0 Å². The number of allylic oxidation sites excluding steroid dienone is 2. The maximum absolute atomic E-state index is 8.83. The highest BCUT2D eigenvalue weighted by atomic mass is 32.2. The Hall–Kier alpha value is -1.62. The minimum Gasteiger partial charge on any atom is -0.192 e. The molecule has 1 heterocycles. The Morgan fingerprint density at radius 3 is 2.00 bits per heavy atom. The summed E-state index contributed by atoms with van der Waals surface area (Å²) in [5.41, 5.74) is 1.08. The Morgan fingerprint density at radius 1 is 0.938 bits per heavy atom. The standard InChI is InChI=1S/C12H6N2S2/c13-7-10-11(8-14)16-12(15-10)6-9-4-2-1-3-5-9/h1-6H. The second-order valence-electron chi connectivity index (χ2n) is 2.96. The molecule has 0 N–H and O–H groups in total. The Balaban J connectivity index is 2.22. The molecular weight excluding hydrogens is 236 g/mol. The third-order valence-corrected chi connectivity index (χ3v) is 4.17. The average molecular weight is 242 g/mol. The fourth-order valence-electron chi connectivity index (χ4n) is 1.21. The van der Waals surface area contributed by atoms with Crippen LogP contribution in [-0.2, 0) is 0 Å². The van der Waals surface area contributed by atoms with Gasteiger partial charge in [-0.2, -0.15) is 10.5 Å². The molecular formula is C12H6N2S2. The molecule has 0 bridgehead atoms. The summed E-state index contributed by atoms with van der Waals surface area (Å²) in [5.74, 6) is 0. The molecule has 4 heteroatoms. The van der Waals surface area contributed by atoms with Crippen LogP contribution in [-0.4, -0.2) is 0 Å². The van der Waals surface area contributed by atoms with E-state index in [2.05, 4.69) is 0 Å². The highest BCUT2D eigenvalue weighted by Gasteiger charge is 2.20. The predicted molar refractivity (Wildman–Crippen MR) is 67.9 cm³/mol. The molecule has 0 aromatic heterocycles. The maximum Gasteiger partial charge on any atom is 0.115 e. The van der Waals surface area contributed by atoms with Crippen LogP contribution in [0.25, 0.3) is 6.08 Å². The molecule has 2 rings (SSSR count). The highest BCUT2D eigenvalue weighted by Crippen LogP contribution is 2.49. The lowest BCUT2D eigenvalue weighted by Crippen LogP contribution is -1.69. The van der Waals surface area contributed by atoms with E-state index in [0.717, 1.165) is 9.80 Å². The Kier molecular flexibility index (Phi) is 3.36. The highest BCUT2D eigenvalue weighted by molar-refractivity contribution is 8.29. The van der Waals surface area contributed by atoms with Gasteiger partial charge in [0, 0.05) is 0 Å². The summed E-state index contributed by atoms with van der Waals surface area (Å²) in [7, 11) is 0. The van der Waals surface area contributed by atoms with Crippen molar-refractivity contribution in [3.05, 3.63) is 49.9 Å². The summed E-state index contributed by atoms with van der Waals surface area (Å²) in [4.78, 5) is 0.990. The van der Waals surface area contributed by atoms with Gasteiger partial charge in [0.25, 0.3) is 0 Å². The van der Waals surface area contributed by atoms with Gasteiger partial charge in [-0.15, -0.1) is 0 Å². The number of benzene rings is 1. The summed E-state index contributed by atoms with van der Waals surface area (Å²) in [6.45, 7) is 0. The summed E-state index contributed by atoms with van der Waals surface area (Å²) < 4.78 is 0.972. The van der Waals surface area contributed by atoms with Gasteiger partial charge in [0.15, 0.2) is 0 Å². The monoisotopic (exact) mass is 242 g/mol. The molecule has 2 nitrogen and oxygen atoms in total. The largest absolute Gasteiger partial charge is 0.192 e. The maximum atomic E-state index is 8.83. The van der Waals surface area contributed by atoms with E-state index in [4.69, 9.17) is 10.5 Å². The van der Waals surface area contributed by atoms with E-state index in [1.54, 1.807) is 0 Å². The molecule has 0 atom stereocenters. The number of rotatable bonds is 1. The third kappa shape index (κ3) is 2.30. The first-order chi connectivity index (χ1) is 7.83. The van der Waals surface area contributed by atoms with E-state index in [0.29, 0.717) is 9.81 Å². The van der Waals surface area contributed by atoms with Crippen molar-refractivity contribution in [2.45, 2.75) is 0 Å². The molecule has 1 aliphatic rings. The summed E-state index contributed by atoms with van der Waals surface area (Å²) in [6, 6.07) is 13.9. The first-order valence-corrected chi connectivity index (χ1v) is 6.13. The lowest BCUT2D eigenvalue weighted by Gasteiger charge is -1.95. The van der Waals surface area contributed by atoms with Crippen molar-refractivity contribution in [3.63, 3.8) is 0 Å². The van der Waals surface area contributed by atoms with E-state index in [-0.39, 0.29) is 0 Å². The minimum absolute atomic E-state index is 0.495. The van der Waals surface area contributed by atoms with Crippen LogP contribution in [0.2, 0.25) is 0 Å². The van der Waals surface area contributed by atoms with Crippen LogP contribution in [0, 0.1) is 22.7 Å². The molecule has 0 fully saturated rings. The van der Waals surface area contributed by atoms with Gasteiger partial charge in [-0.1, -0.05) is 53.9 Å². The normalized spacial score (nSPS) is 14.5. The SMILES string of the molecule is N#CC1=C(C#N)SC(=Cc2ccccc2)S1. The van der Waals surface area contributed by atoms with E-state index >= 15 is 0 Å². The van der Waals surface area contributed by atoms with E-state index in [9.17, 15) is 0 Å². The number of nitriles is 2. The molecule has 0 radical (unpaired) electrons. The molecule has 0 saturated carbocycles. The van der Waals surface area contributed by atoms with E-state index in [1.165, 1.54) is 23.5 Å². The van der Waals surface area contributed by atoms with Gasteiger partial charge in [-0.25, -0.2) is 0 Å². The fraction of sp³-hybridized carbons (Fsp3) is 0. The number of nitrogens with zero attached hydrogens (tertiary/aromatic N) is 2. The first-order valence-electron chi connectivity index (χ1n) is 4.50. The Bertz CT molecular complexity index is 517. The Morgan fingerprint density at radius 2 is 1.50 bits per heavy atom. The summed E-state index contributed by atoms with van der Waals surface area (Å²) in [6.07, 6.45) is 1.98. The lowest BCUT2D eigenvalue weighted by molar-refractivity contribution is 1.50. The number of hydrogen-bond acceptors (Lipinski definition) is 4. The minimum atomic E-state index is 0.495. The molecule has 1 aromatic rings. The van der Waals surface area contributed by atoms with Crippen LogP contribution >= 0.6 is 23.5 Å². The zero-order valence-electron chi connectivity index (χ0n) is 8.18. The fourth-order valence-corrected chi connectivity index (χ4v) is 3.28. The summed E-state index contributed by atoms with van der Waals surface area (Å²) >= 11 is 2.72. The second kappa shape index (κ2) is 4.94. The van der Waals surface area contributed by atoms with Crippen molar-refractivity contribution in [2.24, 2.45) is 0 Å². The molecule has 76 valence electrons. The molecule has 0 saturated heterocycles. The molecule has 1 aliphatic heterocycles. The molecule has 0 spiro atoms. The van der Waals surface area contributed by atoms with Crippen molar-refractivity contribution in [3.8, 4) is 12.1 Å². The molecule has 16 heavy (non-hydrogen) atoms.